The first-order valence-corrected chi connectivity index (χ1v) is 5.94. The summed E-state index contributed by atoms with van der Waals surface area (Å²) < 4.78 is 0. The first-order chi connectivity index (χ1) is 6.24. The van der Waals surface area contributed by atoms with Gasteiger partial charge in [0.1, 0.15) is 0 Å². The summed E-state index contributed by atoms with van der Waals surface area (Å²) in [6.07, 6.45) is 8.47. The molecule has 13 heavy (non-hydrogen) atoms. The highest BCUT2D eigenvalue weighted by atomic mass is 15.1. The third-order valence-corrected chi connectivity index (χ3v) is 3.20. The van der Waals surface area contributed by atoms with E-state index in [1.165, 1.54) is 45.1 Å². The van der Waals surface area contributed by atoms with Gasteiger partial charge in [0.05, 0.1) is 0 Å². The third-order valence-electron chi connectivity index (χ3n) is 3.20. The summed E-state index contributed by atoms with van der Waals surface area (Å²) in [7, 11) is 2.28. The topological polar surface area (TPSA) is 3.24 Å². The van der Waals surface area contributed by atoms with Gasteiger partial charge in [-0.3, -0.25) is 0 Å². The van der Waals surface area contributed by atoms with Gasteiger partial charge in [0.2, 0.25) is 0 Å². The lowest BCUT2D eigenvalue weighted by Crippen LogP contribution is -2.23. The van der Waals surface area contributed by atoms with Crippen LogP contribution >= 0.6 is 0 Å². The molecule has 1 atom stereocenters. The molecule has 1 unspecified atom stereocenters. The van der Waals surface area contributed by atoms with Crippen molar-refractivity contribution in [2.24, 2.45) is 5.92 Å². The lowest BCUT2D eigenvalue weighted by molar-refractivity contribution is 0.290. The van der Waals surface area contributed by atoms with Gasteiger partial charge in [0.25, 0.3) is 0 Å². The first kappa shape index (κ1) is 11.0. The Hall–Kier alpha value is -0.0400. The minimum atomic E-state index is 0.932. The normalized spacial score (nSPS) is 19.4. The molecular weight excluding hydrogens is 158 g/mol. The van der Waals surface area contributed by atoms with Crippen LogP contribution in [0, 0.1) is 5.92 Å². The molecule has 0 spiro atoms. The number of nitrogens with zero attached hydrogens (tertiary/aromatic N) is 1. The van der Waals surface area contributed by atoms with Gasteiger partial charge in [0.15, 0.2) is 0 Å². The summed E-state index contributed by atoms with van der Waals surface area (Å²) in [6.45, 7) is 6.00. The van der Waals surface area contributed by atoms with Crippen LogP contribution in [0.1, 0.15) is 52.4 Å². The molecule has 0 radical (unpaired) electrons. The van der Waals surface area contributed by atoms with Crippen molar-refractivity contribution < 1.29 is 0 Å². The Bertz CT molecular complexity index is 129. The van der Waals surface area contributed by atoms with Crippen molar-refractivity contribution in [2.75, 3.05) is 13.6 Å². The van der Waals surface area contributed by atoms with Gasteiger partial charge in [-0.2, -0.15) is 0 Å². The Kier molecular flexibility index (Phi) is 4.79. The van der Waals surface area contributed by atoms with Crippen LogP contribution in [0.5, 0.6) is 0 Å². The molecule has 78 valence electrons. The van der Waals surface area contributed by atoms with Crippen molar-refractivity contribution in [3.63, 3.8) is 0 Å². The fourth-order valence-electron chi connectivity index (χ4n) is 1.82. The van der Waals surface area contributed by atoms with Crippen molar-refractivity contribution in [3.8, 4) is 0 Å². The van der Waals surface area contributed by atoms with E-state index in [-0.39, 0.29) is 0 Å². The van der Waals surface area contributed by atoms with Crippen LogP contribution in [0.25, 0.3) is 0 Å². The van der Waals surface area contributed by atoms with Crippen LogP contribution in [0.4, 0.5) is 0 Å². The quantitative estimate of drug-likeness (QED) is 0.585. The molecule has 1 saturated carbocycles. The zero-order chi connectivity index (χ0) is 9.68. The van der Waals surface area contributed by atoms with E-state index in [1.807, 2.05) is 0 Å². The summed E-state index contributed by atoms with van der Waals surface area (Å²) >= 11 is 0. The van der Waals surface area contributed by atoms with E-state index in [0.717, 1.165) is 12.0 Å². The molecule has 0 amide bonds. The fraction of sp³-hybridized carbons (Fsp3) is 1.00. The van der Waals surface area contributed by atoms with E-state index >= 15 is 0 Å². The number of hydrogen-bond donors (Lipinski definition) is 0. The van der Waals surface area contributed by atoms with Gasteiger partial charge in [-0.15, -0.1) is 0 Å². The van der Waals surface area contributed by atoms with Crippen LogP contribution in [0.3, 0.4) is 0 Å². The Balaban J connectivity index is 1.96. The molecule has 0 aromatic heterocycles. The highest BCUT2D eigenvalue weighted by Crippen LogP contribution is 2.26. The number of unbranched alkanes of at least 4 members (excludes halogenated alkanes) is 1. The molecular formula is C12H25N. The predicted molar refractivity (Wildman–Crippen MR) is 59.0 cm³/mol. The van der Waals surface area contributed by atoms with Gasteiger partial charge in [-0.25, -0.2) is 0 Å². The molecule has 1 fully saturated rings. The maximum Gasteiger partial charge on any atom is 0.00933 e. The lowest BCUT2D eigenvalue weighted by atomic mass is 10.0. The zero-order valence-electron chi connectivity index (χ0n) is 9.55. The minimum Gasteiger partial charge on any atom is -0.303 e. The molecule has 0 heterocycles. The smallest absolute Gasteiger partial charge is 0.00933 e. The average Bonchev–Trinajstić information content (AvgIpc) is 2.93. The van der Waals surface area contributed by atoms with Crippen molar-refractivity contribution in [3.05, 3.63) is 0 Å². The SMILES string of the molecule is CCCCC(C)CCN(C)C1CC1. The Labute approximate surface area is 83.5 Å². The minimum absolute atomic E-state index is 0.932. The zero-order valence-corrected chi connectivity index (χ0v) is 9.55. The largest absolute Gasteiger partial charge is 0.303 e. The molecule has 0 N–H and O–H groups in total. The summed E-state index contributed by atoms with van der Waals surface area (Å²) in [5, 5.41) is 0. The molecule has 1 aliphatic rings. The number of rotatable bonds is 7. The van der Waals surface area contributed by atoms with Gasteiger partial charge in [-0.05, 0) is 38.8 Å². The van der Waals surface area contributed by atoms with E-state index in [9.17, 15) is 0 Å². The fourth-order valence-corrected chi connectivity index (χ4v) is 1.82. The second-order valence-corrected chi connectivity index (χ2v) is 4.75. The van der Waals surface area contributed by atoms with Gasteiger partial charge < -0.3 is 4.90 Å². The molecule has 0 aromatic rings. The van der Waals surface area contributed by atoms with Crippen LogP contribution in [0.15, 0.2) is 0 Å². The third kappa shape index (κ3) is 4.66. The van der Waals surface area contributed by atoms with E-state index in [2.05, 4.69) is 25.8 Å². The standard InChI is InChI=1S/C12H25N/c1-4-5-6-11(2)9-10-13(3)12-7-8-12/h11-12H,4-10H2,1-3H3. The van der Waals surface area contributed by atoms with Crippen LogP contribution in [-0.2, 0) is 0 Å². The summed E-state index contributed by atoms with van der Waals surface area (Å²) in [4.78, 5) is 2.54. The van der Waals surface area contributed by atoms with Crippen molar-refractivity contribution in [2.45, 2.75) is 58.4 Å². The summed E-state index contributed by atoms with van der Waals surface area (Å²) in [5.41, 5.74) is 0. The average molecular weight is 183 g/mol. The lowest BCUT2D eigenvalue weighted by Gasteiger charge is -2.18. The second kappa shape index (κ2) is 5.64. The van der Waals surface area contributed by atoms with Crippen molar-refractivity contribution in [1.29, 1.82) is 0 Å². The molecule has 0 aliphatic heterocycles. The van der Waals surface area contributed by atoms with Crippen molar-refractivity contribution in [1.82, 2.24) is 4.90 Å². The van der Waals surface area contributed by atoms with E-state index in [0.29, 0.717) is 0 Å². The van der Waals surface area contributed by atoms with Gasteiger partial charge >= 0.3 is 0 Å². The monoisotopic (exact) mass is 183 g/mol. The van der Waals surface area contributed by atoms with Crippen molar-refractivity contribution >= 4 is 0 Å². The Morgan fingerprint density at radius 3 is 2.54 bits per heavy atom. The van der Waals surface area contributed by atoms with Crippen LogP contribution in [-0.4, -0.2) is 24.5 Å². The summed E-state index contributed by atoms with van der Waals surface area (Å²) in [5.74, 6) is 0.932. The van der Waals surface area contributed by atoms with E-state index in [1.54, 1.807) is 0 Å². The highest BCUT2D eigenvalue weighted by molar-refractivity contribution is 4.82. The molecule has 1 nitrogen and oxygen atoms in total. The maximum absolute atomic E-state index is 2.54. The second-order valence-electron chi connectivity index (χ2n) is 4.75. The van der Waals surface area contributed by atoms with Crippen LogP contribution < -0.4 is 0 Å². The molecule has 1 heteroatoms. The molecule has 0 saturated heterocycles. The maximum atomic E-state index is 2.54. The number of hydrogen-bond acceptors (Lipinski definition) is 1. The van der Waals surface area contributed by atoms with E-state index < -0.39 is 0 Å². The Morgan fingerprint density at radius 1 is 1.31 bits per heavy atom. The van der Waals surface area contributed by atoms with E-state index in [4.69, 9.17) is 0 Å². The molecule has 1 aliphatic carbocycles. The molecule has 0 aromatic carbocycles. The first-order valence-electron chi connectivity index (χ1n) is 5.94. The predicted octanol–water partition coefficient (Wildman–Crippen LogP) is 3.30. The van der Waals surface area contributed by atoms with Gasteiger partial charge in [-0.1, -0.05) is 33.1 Å². The van der Waals surface area contributed by atoms with Gasteiger partial charge in [0, 0.05) is 6.04 Å². The molecule has 1 rings (SSSR count). The molecule has 0 bridgehead atoms. The van der Waals surface area contributed by atoms with Crippen LogP contribution in [0.2, 0.25) is 0 Å². The Morgan fingerprint density at radius 2 is 2.00 bits per heavy atom. The highest BCUT2D eigenvalue weighted by Gasteiger charge is 2.25. The summed E-state index contributed by atoms with van der Waals surface area (Å²) in [6, 6.07) is 0.943.